The fourth-order valence-corrected chi connectivity index (χ4v) is 3.81. The van der Waals surface area contributed by atoms with Crippen LogP contribution in [0.2, 0.25) is 0 Å². The molecule has 1 aromatic carbocycles. The standard InChI is InChI=1S/C20H29N3O3/c1-22-11-13-23(14-12-22)20(25)16-5-3-15(4-6-16)19(24)21-17-7-9-18(26-2)10-8-17/h7-10,15-16H,3-6,11-14H2,1-2H3,(H,21,24). The number of likely N-dealkylation sites (N-methyl/N-ethyl adjacent to an activating group) is 1. The zero-order valence-electron chi connectivity index (χ0n) is 15.7. The van der Waals surface area contributed by atoms with Crippen molar-refractivity contribution < 1.29 is 14.3 Å². The topological polar surface area (TPSA) is 61.9 Å². The summed E-state index contributed by atoms with van der Waals surface area (Å²) in [5.41, 5.74) is 0.784. The summed E-state index contributed by atoms with van der Waals surface area (Å²) >= 11 is 0. The quantitative estimate of drug-likeness (QED) is 0.895. The number of hydrogen-bond acceptors (Lipinski definition) is 4. The number of benzene rings is 1. The zero-order valence-corrected chi connectivity index (χ0v) is 15.7. The van der Waals surface area contributed by atoms with E-state index >= 15 is 0 Å². The molecule has 1 saturated carbocycles. The molecule has 6 heteroatoms. The summed E-state index contributed by atoms with van der Waals surface area (Å²) in [7, 11) is 3.71. The van der Waals surface area contributed by atoms with Gasteiger partial charge in [0, 0.05) is 43.7 Å². The maximum absolute atomic E-state index is 12.7. The van der Waals surface area contributed by atoms with Gasteiger partial charge in [0.1, 0.15) is 5.75 Å². The first-order valence-corrected chi connectivity index (χ1v) is 9.49. The van der Waals surface area contributed by atoms with Crippen LogP contribution in [0.15, 0.2) is 24.3 Å². The van der Waals surface area contributed by atoms with Crippen LogP contribution in [0.1, 0.15) is 25.7 Å². The molecular weight excluding hydrogens is 330 g/mol. The number of nitrogens with zero attached hydrogens (tertiary/aromatic N) is 2. The van der Waals surface area contributed by atoms with E-state index in [0.29, 0.717) is 0 Å². The van der Waals surface area contributed by atoms with E-state index in [9.17, 15) is 9.59 Å². The first-order valence-electron chi connectivity index (χ1n) is 9.49. The van der Waals surface area contributed by atoms with Crippen LogP contribution >= 0.6 is 0 Å². The molecule has 0 radical (unpaired) electrons. The number of rotatable bonds is 4. The smallest absolute Gasteiger partial charge is 0.227 e. The third-order valence-electron chi connectivity index (χ3n) is 5.62. The maximum Gasteiger partial charge on any atom is 0.227 e. The lowest BCUT2D eigenvalue weighted by Gasteiger charge is -2.36. The van der Waals surface area contributed by atoms with Gasteiger partial charge >= 0.3 is 0 Å². The van der Waals surface area contributed by atoms with Crippen LogP contribution in [-0.4, -0.2) is 62.0 Å². The van der Waals surface area contributed by atoms with Crippen LogP contribution < -0.4 is 10.1 Å². The van der Waals surface area contributed by atoms with E-state index in [-0.39, 0.29) is 23.7 Å². The Morgan fingerprint density at radius 3 is 2.12 bits per heavy atom. The van der Waals surface area contributed by atoms with Crippen LogP contribution in [0.5, 0.6) is 5.75 Å². The van der Waals surface area contributed by atoms with Crippen molar-refractivity contribution in [2.45, 2.75) is 25.7 Å². The van der Waals surface area contributed by atoms with Gasteiger partial charge in [0.25, 0.3) is 0 Å². The van der Waals surface area contributed by atoms with E-state index in [0.717, 1.165) is 63.3 Å². The highest BCUT2D eigenvalue weighted by molar-refractivity contribution is 5.92. The van der Waals surface area contributed by atoms with Crippen molar-refractivity contribution in [2.24, 2.45) is 11.8 Å². The molecule has 2 fully saturated rings. The number of hydrogen-bond donors (Lipinski definition) is 1. The van der Waals surface area contributed by atoms with Crippen molar-refractivity contribution in [3.63, 3.8) is 0 Å². The lowest BCUT2D eigenvalue weighted by molar-refractivity contribution is -0.139. The number of ether oxygens (including phenoxy) is 1. The molecule has 0 bridgehead atoms. The van der Waals surface area contributed by atoms with Gasteiger partial charge < -0.3 is 19.9 Å². The zero-order chi connectivity index (χ0) is 18.5. The van der Waals surface area contributed by atoms with E-state index in [1.165, 1.54) is 0 Å². The van der Waals surface area contributed by atoms with Crippen molar-refractivity contribution >= 4 is 17.5 Å². The minimum atomic E-state index is -0.00589. The number of carbonyl (C=O) groups is 2. The van der Waals surface area contributed by atoms with E-state index in [4.69, 9.17) is 4.74 Å². The summed E-state index contributed by atoms with van der Waals surface area (Å²) in [6.07, 6.45) is 3.19. The Kier molecular flexibility index (Phi) is 6.14. The summed E-state index contributed by atoms with van der Waals surface area (Å²) in [6, 6.07) is 7.36. The lowest BCUT2D eigenvalue weighted by Crippen LogP contribution is -2.49. The number of piperazine rings is 1. The number of nitrogens with one attached hydrogen (secondary N) is 1. The van der Waals surface area contributed by atoms with Gasteiger partial charge in [0.05, 0.1) is 7.11 Å². The van der Waals surface area contributed by atoms with E-state index in [1.54, 1.807) is 7.11 Å². The normalized spacial score (nSPS) is 24.2. The molecule has 26 heavy (non-hydrogen) atoms. The van der Waals surface area contributed by atoms with Crippen LogP contribution in [-0.2, 0) is 9.59 Å². The fourth-order valence-electron chi connectivity index (χ4n) is 3.81. The monoisotopic (exact) mass is 359 g/mol. The maximum atomic E-state index is 12.7. The molecule has 3 rings (SSSR count). The first-order chi connectivity index (χ1) is 12.6. The molecule has 6 nitrogen and oxygen atoms in total. The summed E-state index contributed by atoms with van der Waals surface area (Å²) in [5, 5.41) is 2.98. The van der Waals surface area contributed by atoms with Gasteiger partial charge in [0.2, 0.25) is 11.8 Å². The highest BCUT2D eigenvalue weighted by Crippen LogP contribution is 2.31. The predicted molar refractivity (Wildman–Crippen MR) is 101 cm³/mol. The van der Waals surface area contributed by atoms with E-state index in [2.05, 4.69) is 17.3 Å². The van der Waals surface area contributed by atoms with Gasteiger partial charge in [-0.3, -0.25) is 9.59 Å². The highest BCUT2D eigenvalue weighted by atomic mass is 16.5. The Balaban J connectivity index is 1.46. The minimum absolute atomic E-state index is 0.00589. The number of amides is 2. The molecule has 1 aliphatic heterocycles. The SMILES string of the molecule is COc1ccc(NC(=O)C2CCC(C(=O)N3CCN(C)CC3)CC2)cc1. The predicted octanol–water partition coefficient (Wildman–Crippen LogP) is 2.21. The molecule has 1 aromatic rings. The number of methoxy groups -OCH3 is 1. The third-order valence-corrected chi connectivity index (χ3v) is 5.62. The second-order valence-electron chi connectivity index (χ2n) is 7.39. The molecular formula is C20H29N3O3. The fraction of sp³-hybridized carbons (Fsp3) is 0.600. The molecule has 0 spiro atoms. The molecule has 1 heterocycles. The van der Waals surface area contributed by atoms with Gasteiger partial charge in [-0.05, 0) is 57.0 Å². The lowest BCUT2D eigenvalue weighted by atomic mass is 9.80. The summed E-state index contributed by atoms with van der Waals surface area (Å²) in [5.74, 6) is 1.19. The molecule has 1 aliphatic carbocycles. The first kappa shape index (κ1) is 18.7. The molecule has 0 atom stereocenters. The highest BCUT2D eigenvalue weighted by Gasteiger charge is 2.32. The summed E-state index contributed by atoms with van der Waals surface area (Å²) in [4.78, 5) is 29.4. The van der Waals surface area contributed by atoms with E-state index in [1.807, 2.05) is 29.2 Å². The largest absolute Gasteiger partial charge is 0.497 e. The van der Waals surface area contributed by atoms with Crippen LogP contribution in [0.3, 0.4) is 0 Å². The average molecular weight is 359 g/mol. The van der Waals surface area contributed by atoms with Crippen molar-refractivity contribution in [3.05, 3.63) is 24.3 Å². The minimum Gasteiger partial charge on any atom is -0.497 e. The second kappa shape index (κ2) is 8.54. The van der Waals surface area contributed by atoms with Gasteiger partial charge in [-0.25, -0.2) is 0 Å². The Hall–Kier alpha value is -2.08. The molecule has 2 amide bonds. The van der Waals surface area contributed by atoms with Crippen LogP contribution in [0.25, 0.3) is 0 Å². The van der Waals surface area contributed by atoms with Gasteiger partial charge in [-0.1, -0.05) is 0 Å². The second-order valence-corrected chi connectivity index (χ2v) is 7.39. The Bertz CT molecular complexity index is 616. The molecule has 142 valence electrons. The van der Waals surface area contributed by atoms with Gasteiger partial charge in [0.15, 0.2) is 0 Å². The molecule has 0 unspecified atom stereocenters. The Labute approximate surface area is 155 Å². The summed E-state index contributed by atoms with van der Waals surface area (Å²) in [6.45, 7) is 3.55. The van der Waals surface area contributed by atoms with Crippen molar-refractivity contribution in [2.75, 3.05) is 45.7 Å². The van der Waals surface area contributed by atoms with Crippen LogP contribution in [0, 0.1) is 11.8 Å². The van der Waals surface area contributed by atoms with Crippen LogP contribution in [0.4, 0.5) is 5.69 Å². The molecule has 0 aromatic heterocycles. The average Bonchev–Trinajstić information content (AvgIpc) is 2.69. The third kappa shape index (κ3) is 4.55. The summed E-state index contributed by atoms with van der Waals surface area (Å²) < 4.78 is 5.13. The van der Waals surface area contributed by atoms with E-state index < -0.39 is 0 Å². The van der Waals surface area contributed by atoms with Crippen molar-refractivity contribution in [3.8, 4) is 5.75 Å². The van der Waals surface area contributed by atoms with Crippen molar-refractivity contribution in [1.29, 1.82) is 0 Å². The number of anilines is 1. The van der Waals surface area contributed by atoms with Gasteiger partial charge in [-0.2, -0.15) is 0 Å². The Morgan fingerprint density at radius 1 is 0.962 bits per heavy atom. The van der Waals surface area contributed by atoms with Gasteiger partial charge in [-0.15, -0.1) is 0 Å². The Morgan fingerprint density at radius 2 is 1.54 bits per heavy atom. The number of carbonyl (C=O) groups excluding carboxylic acids is 2. The molecule has 2 aliphatic rings. The molecule has 1 N–H and O–H groups in total. The van der Waals surface area contributed by atoms with Crippen molar-refractivity contribution in [1.82, 2.24) is 9.80 Å². The molecule has 1 saturated heterocycles.